The zero-order valence-electron chi connectivity index (χ0n) is 16.6. The van der Waals surface area contributed by atoms with Crippen molar-refractivity contribution in [2.24, 2.45) is 0 Å². The fourth-order valence-electron chi connectivity index (χ4n) is 3.15. The van der Waals surface area contributed by atoms with Crippen LogP contribution in [0.3, 0.4) is 0 Å². The molecule has 0 aliphatic heterocycles. The van der Waals surface area contributed by atoms with Crippen LogP contribution in [0.5, 0.6) is 0 Å². The SMILES string of the molecule is CCc1cccc2sc(N(CCCn3ccnc3)C(=O)/C=C/c3cccs3)nc12.Cl. The van der Waals surface area contributed by atoms with Gasteiger partial charge in [-0.2, -0.15) is 0 Å². The van der Waals surface area contributed by atoms with Crippen molar-refractivity contribution in [3.05, 3.63) is 70.9 Å². The lowest BCUT2D eigenvalue weighted by Crippen LogP contribution is -2.30. The largest absolute Gasteiger partial charge is 0.337 e. The lowest BCUT2D eigenvalue weighted by atomic mass is 10.1. The second-order valence-electron chi connectivity index (χ2n) is 6.61. The van der Waals surface area contributed by atoms with Gasteiger partial charge in [-0.05, 0) is 42.0 Å². The number of halogens is 1. The lowest BCUT2D eigenvalue weighted by Gasteiger charge is -2.18. The summed E-state index contributed by atoms with van der Waals surface area (Å²) in [6.07, 6.45) is 10.8. The molecule has 5 nitrogen and oxygen atoms in total. The third-order valence-electron chi connectivity index (χ3n) is 4.66. The Morgan fingerprint density at radius 1 is 1.27 bits per heavy atom. The minimum absolute atomic E-state index is 0. The molecule has 0 saturated carbocycles. The van der Waals surface area contributed by atoms with Gasteiger partial charge in [0.15, 0.2) is 5.13 Å². The molecule has 8 heteroatoms. The molecule has 4 aromatic rings. The number of fused-ring (bicyclic) bond motifs is 1. The molecule has 156 valence electrons. The highest BCUT2D eigenvalue weighted by atomic mass is 35.5. The third kappa shape index (κ3) is 5.16. The summed E-state index contributed by atoms with van der Waals surface area (Å²) >= 11 is 3.19. The summed E-state index contributed by atoms with van der Waals surface area (Å²) in [5.41, 5.74) is 2.22. The maximum atomic E-state index is 13.1. The van der Waals surface area contributed by atoms with Crippen molar-refractivity contribution in [1.29, 1.82) is 0 Å². The molecule has 0 aliphatic rings. The summed E-state index contributed by atoms with van der Waals surface area (Å²) in [5.74, 6) is -0.0406. The van der Waals surface area contributed by atoms with Crippen molar-refractivity contribution in [2.45, 2.75) is 26.3 Å². The number of benzene rings is 1. The van der Waals surface area contributed by atoms with Gasteiger partial charge in [0.05, 0.1) is 16.5 Å². The van der Waals surface area contributed by atoms with E-state index in [2.05, 4.69) is 30.1 Å². The molecule has 0 unspecified atom stereocenters. The van der Waals surface area contributed by atoms with Crippen LogP contribution in [0, 0.1) is 0 Å². The number of hydrogen-bond donors (Lipinski definition) is 0. The first-order valence-corrected chi connectivity index (χ1v) is 11.3. The van der Waals surface area contributed by atoms with E-state index in [1.54, 1.807) is 46.2 Å². The Balaban J connectivity index is 0.00000256. The van der Waals surface area contributed by atoms with Gasteiger partial charge >= 0.3 is 0 Å². The number of rotatable bonds is 8. The third-order valence-corrected chi connectivity index (χ3v) is 6.54. The van der Waals surface area contributed by atoms with Crippen molar-refractivity contribution >= 4 is 62.4 Å². The summed E-state index contributed by atoms with van der Waals surface area (Å²) in [5, 5.41) is 2.76. The lowest BCUT2D eigenvalue weighted by molar-refractivity contribution is -0.114. The Morgan fingerprint density at radius 2 is 2.17 bits per heavy atom. The van der Waals surface area contributed by atoms with Crippen LogP contribution in [0.1, 0.15) is 23.8 Å². The van der Waals surface area contributed by atoms with E-state index in [4.69, 9.17) is 4.98 Å². The molecule has 3 aromatic heterocycles. The first-order valence-electron chi connectivity index (χ1n) is 9.62. The van der Waals surface area contributed by atoms with Gasteiger partial charge in [0.1, 0.15) is 0 Å². The van der Waals surface area contributed by atoms with Crippen LogP contribution in [0.4, 0.5) is 5.13 Å². The van der Waals surface area contributed by atoms with E-state index in [1.807, 2.05) is 34.4 Å². The number of carbonyl (C=O) groups is 1. The number of aryl methyl sites for hydroxylation is 2. The number of anilines is 1. The summed E-state index contributed by atoms with van der Waals surface area (Å²) in [6.45, 7) is 3.54. The van der Waals surface area contributed by atoms with E-state index in [1.165, 1.54) is 5.56 Å². The highest BCUT2D eigenvalue weighted by molar-refractivity contribution is 7.22. The molecule has 30 heavy (non-hydrogen) atoms. The zero-order valence-corrected chi connectivity index (χ0v) is 19.1. The average molecular weight is 459 g/mol. The number of aromatic nitrogens is 3. The monoisotopic (exact) mass is 458 g/mol. The molecule has 1 amide bonds. The minimum atomic E-state index is -0.0406. The molecule has 0 atom stereocenters. The molecular formula is C22H23ClN4OS2. The molecular weight excluding hydrogens is 436 g/mol. The van der Waals surface area contributed by atoms with Crippen molar-refractivity contribution in [3.8, 4) is 0 Å². The molecule has 0 radical (unpaired) electrons. The summed E-state index contributed by atoms with van der Waals surface area (Å²) in [7, 11) is 0. The molecule has 0 N–H and O–H groups in total. The van der Waals surface area contributed by atoms with Gasteiger partial charge in [-0.15, -0.1) is 23.7 Å². The number of hydrogen-bond acceptors (Lipinski definition) is 5. The Labute approximate surface area is 190 Å². The van der Waals surface area contributed by atoms with Gasteiger partial charge in [-0.1, -0.05) is 36.5 Å². The van der Waals surface area contributed by atoms with Gasteiger partial charge in [0.2, 0.25) is 0 Å². The smallest absolute Gasteiger partial charge is 0.252 e. The topological polar surface area (TPSA) is 51.0 Å². The van der Waals surface area contributed by atoms with E-state index in [9.17, 15) is 4.79 Å². The van der Waals surface area contributed by atoms with E-state index in [0.717, 1.165) is 39.6 Å². The quantitative estimate of drug-likeness (QED) is 0.319. The molecule has 0 aliphatic carbocycles. The first kappa shape index (κ1) is 22.2. The number of imidazole rings is 1. The number of nitrogens with zero attached hydrogens (tertiary/aromatic N) is 4. The van der Waals surface area contributed by atoms with Gasteiger partial charge in [-0.3, -0.25) is 9.69 Å². The molecule has 0 saturated heterocycles. The summed E-state index contributed by atoms with van der Waals surface area (Å²) in [6, 6.07) is 10.2. The minimum Gasteiger partial charge on any atom is -0.337 e. The average Bonchev–Trinajstić information content (AvgIpc) is 3.50. The number of carbonyl (C=O) groups excluding carboxylic acids is 1. The van der Waals surface area contributed by atoms with Crippen LogP contribution < -0.4 is 4.90 Å². The van der Waals surface area contributed by atoms with Gasteiger partial charge in [0, 0.05) is 36.4 Å². The molecule has 0 fully saturated rings. The molecule has 4 rings (SSSR count). The fraction of sp³-hybridized carbons (Fsp3) is 0.227. The maximum absolute atomic E-state index is 13.1. The number of thiophene rings is 1. The maximum Gasteiger partial charge on any atom is 0.252 e. The molecule has 3 heterocycles. The Bertz CT molecular complexity index is 1100. The summed E-state index contributed by atoms with van der Waals surface area (Å²) < 4.78 is 3.14. The van der Waals surface area contributed by atoms with Crippen molar-refractivity contribution in [1.82, 2.24) is 14.5 Å². The van der Waals surface area contributed by atoms with Crippen LogP contribution in [0.2, 0.25) is 0 Å². The highest BCUT2D eigenvalue weighted by Crippen LogP contribution is 2.31. The highest BCUT2D eigenvalue weighted by Gasteiger charge is 2.18. The molecule has 0 bridgehead atoms. The number of para-hydroxylation sites is 1. The fourth-order valence-corrected chi connectivity index (χ4v) is 4.82. The normalized spacial score (nSPS) is 11.1. The van der Waals surface area contributed by atoms with Gasteiger partial charge in [0.25, 0.3) is 5.91 Å². The van der Waals surface area contributed by atoms with E-state index in [0.29, 0.717) is 6.54 Å². The first-order chi connectivity index (χ1) is 14.2. The van der Waals surface area contributed by atoms with Crippen LogP contribution in [-0.2, 0) is 17.8 Å². The predicted molar refractivity (Wildman–Crippen MR) is 129 cm³/mol. The van der Waals surface area contributed by atoms with Crippen molar-refractivity contribution < 1.29 is 4.79 Å². The van der Waals surface area contributed by atoms with E-state index in [-0.39, 0.29) is 18.3 Å². The number of thiazole rings is 1. The zero-order chi connectivity index (χ0) is 20.1. The Hall–Kier alpha value is -2.48. The second-order valence-corrected chi connectivity index (χ2v) is 8.59. The second kappa shape index (κ2) is 10.5. The van der Waals surface area contributed by atoms with Crippen LogP contribution in [0.15, 0.2) is 60.5 Å². The van der Waals surface area contributed by atoms with Gasteiger partial charge in [-0.25, -0.2) is 9.97 Å². The Kier molecular flexibility index (Phi) is 7.79. The predicted octanol–water partition coefficient (Wildman–Crippen LogP) is 5.68. The standard InChI is InChI=1S/C22H22N4OS2.ClH/c1-2-17-6-3-8-19-21(17)24-22(29-19)26(13-5-12-25-14-11-23-16-25)20(27)10-9-18-7-4-15-28-18;/h3-4,6-11,14-16H,2,5,12-13H2,1H3;1H/b10-9+;. The van der Waals surface area contributed by atoms with Crippen LogP contribution in [-0.4, -0.2) is 27.0 Å². The summed E-state index contributed by atoms with van der Waals surface area (Å²) in [4.78, 5) is 24.8. The Morgan fingerprint density at radius 3 is 2.90 bits per heavy atom. The molecule has 1 aromatic carbocycles. The van der Waals surface area contributed by atoms with Crippen LogP contribution in [0.25, 0.3) is 16.3 Å². The van der Waals surface area contributed by atoms with Gasteiger partial charge < -0.3 is 4.57 Å². The van der Waals surface area contributed by atoms with Crippen LogP contribution >= 0.6 is 35.1 Å². The number of amides is 1. The van der Waals surface area contributed by atoms with Crippen molar-refractivity contribution in [3.63, 3.8) is 0 Å². The van der Waals surface area contributed by atoms with E-state index < -0.39 is 0 Å². The van der Waals surface area contributed by atoms with E-state index >= 15 is 0 Å². The van der Waals surface area contributed by atoms with Crippen molar-refractivity contribution in [2.75, 3.05) is 11.4 Å². The molecule has 0 spiro atoms.